The molecule has 2 rings (SSSR count). The van der Waals surface area contributed by atoms with Crippen molar-refractivity contribution in [3.8, 4) is 0 Å². The monoisotopic (exact) mass is 296 g/mol. The van der Waals surface area contributed by atoms with E-state index in [4.69, 9.17) is 11.6 Å². The number of anilines is 1. The molecule has 0 aliphatic carbocycles. The van der Waals surface area contributed by atoms with Gasteiger partial charge >= 0.3 is 0 Å². The maximum absolute atomic E-state index is 11.1. The summed E-state index contributed by atoms with van der Waals surface area (Å²) in [5, 5.41) is 6.84. The average molecular weight is 297 g/mol. The first-order valence-electron chi connectivity index (χ1n) is 6.97. The molecule has 1 saturated heterocycles. The van der Waals surface area contributed by atoms with Gasteiger partial charge in [0, 0.05) is 39.1 Å². The van der Waals surface area contributed by atoms with Gasteiger partial charge in [-0.2, -0.15) is 0 Å². The summed E-state index contributed by atoms with van der Waals surface area (Å²) in [6.07, 6.45) is 0.976. The summed E-state index contributed by atoms with van der Waals surface area (Å²) in [6, 6.07) is 4.01. The van der Waals surface area contributed by atoms with E-state index in [-0.39, 0.29) is 11.9 Å². The van der Waals surface area contributed by atoms with Gasteiger partial charge in [-0.15, -0.1) is 0 Å². The minimum atomic E-state index is 0.0298. The van der Waals surface area contributed by atoms with Crippen LogP contribution in [0.3, 0.4) is 0 Å². The van der Waals surface area contributed by atoms with Gasteiger partial charge in [0.15, 0.2) is 0 Å². The Balaban J connectivity index is 1.96. The number of likely N-dealkylation sites (tertiary alicyclic amines) is 1. The minimum Gasteiger partial charge on any atom is -0.370 e. The first-order chi connectivity index (χ1) is 9.58. The first-order valence-corrected chi connectivity index (χ1v) is 7.35. The van der Waals surface area contributed by atoms with Crippen LogP contribution in [-0.4, -0.2) is 41.5 Å². The molecule has 0 aromatic carbocycles. The van der Waals surface area contributed by atoms with Crippen molar-refractivity contribution in [1.29, 1.82) is 0 Å². The zero-order valence-corrected chi connectivity index (χ0v) is 12.7. The van der Waals surface area contributed by atoms with E-state index >= 15 is 0 Å². The molecule has 1 aliphatic heterocycles. The number of halogens is 1. The van der Waals surface area contributed by atoms with Crippen molar-refractivity contribution in [2.24, 2.45) is 0 Å². The van der Waals surface area contributed by atoms with E-state index in [1.807, 2.05) is 19.1 Å². The normalized spacial score (nSPS) is 19.1. The highest BCUT2D eigenvalue weighted by Crippen LogP contribution is 2.20. The Morgan fingerprint density at radius 1 is 1.55 bits per heavy atom. The molecule has 2 heterocycles. The van der Waals surface area contributed by atoms with Crippen molar-refractivity contribution in [3.05, 3.63) is 22.8 Å². The SMILES string of the molecule is CCNc1ccc(Cl)c(CN2CCC(NC(C)=O)C2)n1. The molecule has 6 heteroatoms. The summed E-state index contributed by atoms with van der Waals surface area (Å²) in [7, 11) is 0. The molecule has 2 N–H and O–H groups in total. The van der Waals surface area contributed by atoms with Gasteiger partial charge in [-0.25, -0.2) is 4.98 Å². The van der Waals surface area contributed by atoms with E-state index in [1.165, 1.54) is 0 Å². The van der Waals surface area contributed by atoms with Crippen LogP contribution in [0.25, 0.3) is 0 Å². The molecule has 0 radical (unpaired) electrons. The van der Waals surface area contributed by atoms with Crippen LogP contribution in [-0.2, 0) is 11.3 Å². The molecule has 0 spiro atoms. The molecule has 1 amide bonds. The second-order valence-electron chi connectivity index (χ2n) is 5.08. The topological polar surface area (TPSA) is 57.3 Å². The van der Waals surface area contributed by atoms with Gasteiger partial charge in [0.25, 0.3) is 0 Å². The van der Waals surface area contributed by atoms with E-state index in [1.54, 1.807) is 6.92 Å². The Labute approximate surface area is 124 Å². The number of rotatable bonds is 5. The van der Waals surface area contributed by atoms with Gasteiger partial charge in [-0.1, -0.05) is 11.6 Å². The molecule has 1 fully saturated rings. The second kappa shape index (κ2) is 6.90. The van der Waals surface area contributed by atoms with E-state index in [2.05, 4.69) is 20.5 Å². The van der Waals surface area contributed by atoms with E-state index < -0.39 is 0 Å². The maximum Gasteiger partial charge on any atom is 0.217 e. The molecule has 1 aromatic rings. The number of pyridine rings is 1. The number of nitrogens with zero attached hydrogens (tertiary/aromatic N) is 2. The van der Waals surface area contributed by atoms with Crippen molar-refractivity contribution < 1.29 is 4.79 Å². The Hall–Kier alpha value is -1.33. The van der Waals surface area contributed by atoms with Gasteiger partial charge in [0.2, 0.25) is 5.91 Å². The van der Waals surface area contributed by atoms with E-state index in [0.717, 1.165) is 37.6 Å². The number of carbonyl (C=O) groups is 1. The first kappa shape index (κ1) is 15.1. The van der Waals surface area contributed by atoms with Crippen molar-refractivity contribution in [3.63, 3.8) is 0 Å². The summed E-state index contributed by atoms with van der Waals surface area (Å²) in [5.74, 6) is 0.881. The van der Waals surface area contributed by atoms with Crippen LogP contribution in [0.4, 0.5) is 5.82 Å². The second-order valence-corrected chi connectivity index (χ2v) is 5.48. The lowest BCUT2D eigenvalue weighted by molar-refractivity contribution is -0.119. The van der Waals surface area contributed by atoms with Crippen LogP contribution in [0.5, 0.6) is 0 Å². The molecule has 1 unspecified atom stereocenters. The number of aromatic nitrogens is 1. The third kappa shape index (κ3) is 4.08. The van der Waals surface area contributed by atoms with E-state index in [9.17, 15) is 4.79 Å². The fourth-order valence-electron chi connectivity index (χ4n) is 2.47. The van der Waals surface area contributed by atoms with Crippen LogP contribution in [0.15, 0.2) is 12.1 Å². The highest BCUT2D eigenvalue weighted by molar-refractivity contribution is 6.31. The fraction of sp³-hybridized carbons (Fsp3) is 0.571. The number of amides is 1. The Kier molecular flexibility index (Phi) is 5.20. The fourth-order valence-corrected chi connectivity index (χ4v) is 2.63. The van der Waals surface area contributed by atoms with Gasteiger partial charge in [-0.05, 0) is 25.5 Å². The standard InChI is InChI=1S/C14H21ClN4O/c1-3-16-14-5-4-12(15)13(18-14)9-19-7-6-11(8-19)17-10(2)20/h4-5,11H,3,6-9H2,1-2H3,(H,16,18)(H,17,20). The summed E-state index contributed by atoms with van der Waals surface area (Å²) in [4.78, 5) is 17.9. The summed E-state index contributed by atoms with van der Waals surface area (Å²) in [5.41, 5.74) is 0.883. The third-order valence-corrected chi connectivity index (χ3v) is 3.67. The van der Waals surface area contributed by atoms with Gasteiger partial charge < -0.3 is 10.6 Å². The van der Waals surface area contributed by atoms with E-state index in [0.29, 0.717) is 11.6 Å². The summed E-state index contributed by atoms with van der Waals surface area (Å²) < 4.78 is 0. The number of hydrogen-bond acceptors (Lipinski definition) is 4. The smallest absolute Gasteiger partial charge is 0.217 e. The predicted octanol–water partition coefficient (Wildman–Crippen LogP) is 1.88. The van der Waals surface area contributed by atoms with Gasteiger partial charge in [0.05, 0.1) is 10.7 Å². The lowest BCUT2D eigenvalue weighted by atomic mass is 10.2. The molecular formula is C14H21ClN4O. The zero-order chi connectivity index (χ0) is 14.5. The molecule has 110 valence electrons. The molecule has 1 aliphatic rings. The lowest BCUT2D eigenvalue weighted by Gasteiger charge is -2.17. The molecule has 1 aromatic heterocycles. The van der Waals surface area contributed by atoms with Crippen molar-refractivity contribution >= 4 is 23.3 Å². The third-order valence-electron chi connectivity index (χ3n) is 3.33. The Bertz CT molecular complexity index is 480. The number of nitrogens with one attached hydrogen (secondary N) is 2. The molecule has 0 saturated carbocycles. The number of hydrogen-bond donors (Lipinski definition) is 2. The van der Waals surface area contributed by atoms with Crippen LogP contribution in [0.2, 0.25) is 5.02 Å². The molecule has 20 heavy (non-hydrogen) atoms. The zero-order valence-electron chi connectivity index (χ0n) is 11.9. The predicted molar refractivity (Wildman–Crippen MR) is 80.9 cm³/mol. The average Bonchev–Trinajstić information content (AvgIpc) is 2.80. The van der Waals surface area contributed by atoms with Crippen LogP contribution in [0, 0.1) is 0 Å². The lowest BCUT2D eigenvalue weighted by Crippen LogP contribution is -2.35. The van der Waals surface area contributed by atoms with Crippen molar-refractivity contribution in [1.82, 2.24) is 15.2 Å². The van der Waals surface area contributed by atoms with Crippen molar-refractivity contribution in [2.45, 2.75) is 32.9 Å². The van der Waals surface area contributed by atoms with Crippen LogP contribution >= 0.6 is 11.6 Å². The molecule has 0 bridgehead atoms. The Morgan fingerprint density at radius 3 is 3.05 bits per heavy atom. The molecule has 1 atom stereocenters. The van der Waals surface area contributed by atoms with Crippen molar-refractivity contribution in [2.75, 3.05) is 25.0 Å². The van der Waals surface area contributed by atoms with Crippen LogP contribution in [0.1, 0.15) is 26.0 Å². The Morgan fingerprint density at radius 2 is 2.35 bits per heavy atom. The van der Waals surface area contributed by atoms with Gasteiger partial charge in [-0.3, -0.25) is 9.69 Å². The summed E-state index contributed by atoms with van der Waals surface area (Å²) in [6.45, 7) is 6.95. The highest BCUT2D eigenvalue weighted by atomic mass is 35.5. The molecular weight excluding hydrogens is 276 g/mol. The van der Waals surface area contributed by atoms with Crippen LogP contribution < -0.4 is 10.6 Å². The quantitative estimate of drug-likeness (QED) is 0.871. The van der Waals surface area contributed by atoms with Gasteiger partial charge in [0.1, 0.15) is 5.82 Å². The number of carbonyl (C=O) groups excluding carboxylic acids is 1. The highest BCUT2D eigenvalue weighted by Gasteiger charge is 2.23. The summed E-state index contributed by atoms with van der Waals surface area (Å²) >= 11 is 6.21. The maximum atomic E-state index is 11.1. The largest absolute Gasteiger partial charge is 0.370 e. The molecule has 5 nitrogen and oxygen atoms in total. The minimum absolute atomic E-state index is 0.0298.